The van der Waals surface area contributed by atoms with Gasteiger partial charge in [-0.25, -0.2) is 14.5 Å². The quantitative estimate of drug-likeness (QED) is 0.467. The molecule has 0 spiro atoms. The summed E-state index contributed by atoms with van der Waals surface area (Å²) < 4.78 is 3.68. The number of hydrogen-bond donors (Lipinski definition) is 1. The molecule has 0 saturated heterocycles. The molecule has 0 aliphatic heterocycles. The van der Waals surface area contributed by atoms with Crippen molar-refractivity contribution in [3.63, 3.8) is 0 Å². The second kappa shape index (κ2) is 7.88. The molecule has 0 bridgehead atoms. The lowest BCUT2D eigenvalue weighted by molar-refractivity contribution is -0.121. The predicted octanol–water partition coefficient (Wildman–Crippen LogP) is 3.08. The maximum Gasteiger partial charge on any atom is 0.252 e. The van der Waals surface area contributed by atoms with Crippen molar-refractivity contribution in [2.24, 2.45) is 7.05 Å². The van der Waals surface area contributed by atoms with Crippen LogP contribution in [-0.2, 0) is 18.3 Å². The summed E-state index contributed by atoms with van der Waals surface area (Å²) in [6.45, 7) is 3.85. The summed E-state index contributed by atoms with van der Waals surface area (Å²) in [5, 5.41) is 7.60. The van der Waals surface area contributed by atoms with Crippen LogP contribution in [0, 0.1) is 13.8 Å². The number of carbonyl (C=O) groups is 1. The fraction of sp³-hybridized carbons (Fsp3) is 0.208. The highest BCUT2D eigenvalue weighted by Crippen LogP contribution is 2.25. The van der Waals surface area contributed by atoms with E-state index in [0.717, 1.165) is 33.8 Å². The lowest BCUT2D eigenvalue weighted by atomic mass is 10.1. The molecule has 0 fully saturated rings. The molecule has 5 aromatic rings. The molecule has 0 aliphatic rings. The van der Waals surface area contributed by atoms with Crippen molar-refractivity contribution in [3.05, 3.63) is 89.3 Å². The van der Waals surface area contributed by atoms with E-state index in [0.29, 0.717) is 11.6 Å². The van der Waals surface area contributed by atoms with Crippen LogP contribution in [0.5, 0.6) is 0 Å². The largest absolute Gasteiger partial charge is 0.342 e. The van der Waals surface area contributed by atoms with E-state index in [4.69, 9.17) is 4.98 Å². The Labute approximate surface area is 185 Å². The highest BCUT2D eigenvalue weighted by atomic mass is 16.1. The molecule has 1 unspecified atom stereocenters. The Bertz CT molecular complexity index is 1440. The average molecular weight is 425 g/mol. The molecule has 1 atom stereocenters. The summed E-state index contributed by atoms with van der Waals surface area (Å²) >= 11 is 0. The monoisotopic (exact) mass is 425 g/mol. The number of imidazole rings is 1. The summed E-state index contributed by atoms with van der Waals surface area (Å²) in [4.78, 5) is 26.7. The number of aryl methyl sites for hydroxylation is 3. The van der Waals surface area contributed by atoms with Crippen LogP contribution >= 0.6 is 0 Å². The van der Waals surface area contributed by atoms with Crippen LogP contribution in [0.2, 0.25) is 0 Å². The number of hydrogen-bond acceptors (Lipinski definition) is 5. The van der Waals surface area contributed by atoms with Gasteiger partial charge < -0.3 is 9.88 Å². The van der Waals surface area contributed by atoms with E-state index in [1.165, 1.54) is 0 Å². The highest BCUT2D eigenvalue weighted by Gasteiger charge is 2.23. The Kier molecular flexibility index (Phi) is 4.89. The molecule has 0 saturated carbocycles. The minimum atomic E-state index is -0.403. The van der Waals surface area contributed by atoms with Gasteiger partial charge in [0.05, 0.1) is 17.5 Å². The molecule has 0 radical (unpaired) electrons. The maximum atomic E-state index is 13.1. The lowest BCUT2D eigenvalue weighted by Crippen LogP contribution is -2.32. The van der Waals surface area contributed by atoms with Crippen molar-refractivity contribution in [1.29, 1.82) is 0 Å². The lowest BCUT2D eigenvalue weighted by Gasteiger charge is -2.19. The van der Waals surface area contributed by atoms with Crippen molar-refractivity contribution < 1.29 is 4.79 Å². The second-order valence-corrected chi connectivity index (χ2v) is 7.88. The first kappa shape index (κ1) is 19.9. The topological polar surface area (TPSA) is 90.0 Å². The molecular weight excluding hydrogens is 402 g/mol. The van der Waals surface area contributed by atoms with Gasteiger partial charge in [-0.1, -0.05) is 42.5 Å². The van der Waals surface area contributed by atoms with Gasteiger partial charge in [0.15, 0.2) is 5.82 Å². The van der Waals surface area contributed by atoms with Crippen molar-refractivity contribution in [2.75, 3.05) is 0 Å². The van der Waals surface area contributed by atoms with Gasteiger partial charge in [-0.3, -0.25) is 4.79 Å². The first-order valence-corrected chi connectivity index (χ1v) is 10.4. The number of amides is 1. The van der Waals surface area contributed by atoms with E-state index < -0.39 is 6.04 Å². The fourth-order valence-electron chi connectivity index (χ4n) is 4.00. The number of nitrogens with one attached hydrogen (secondary N) is 1. The number of aromatic nitrogens is 6. The molecule has 1 amide bonds. The molecule has 5 rings (SSSR count). The van der Waals surface area contributed by atoms with E-state index >= 15 is 0 Å². The Hall–Kier alpha value is -4.07. The van der Waals surface area contributed by atoms with E-state index in [1.54, 1.807) is 4.52 Å². The summed E-state index contributed by atoms with van der Waals surface area (Å²) in [7, 11) is 1.97. The van der Waals surface area contributed by atoms with Crippen LogP contribution in [-0.4, -0.2) is 35.0 Å². The van der Waals surface area contributed by atoms with Crippen molar-refractivity contribution >= 4 is 22.7 Å². The molecule has 160 valence electrons. The minimum absolute atomic E-state index is 0.0507. The SMILES string of the molecule is Cc1cc(C)n2nc(CC(=O)NC(c3ccccc3)c3nc4ccccc4n3C)nc2n1. The zero-order chi connectivity index (χ0) is 22.2. The van der Waals surface area contributed by atoms with Gasteiger partial charge in [0.25, 0.3) is 5.78 Å². The van der Waals surface area contributed by atoms with Gasteiger partial charge in [-0.15, -0.1) is 5.10 Å². The van der Waals surface area contributed by atoms with Crippen LogP contribution in [0.1, 0.15) is 34.6 Å². The van der Waals surface area contributed by atoms with Crippen LogP contribution in [0.25, 0.3) is 16.8 Å². The van der Waals surface area contributed by atoms with Gasteiger partial charge in [-0.05, 0) is 37.6 Å². The molecule has 3 heterocycles. The third-order valence-electron chi connectivity index (χ3n) is 5.50. The summed E-state index contributed by atoms with van der Waals surface area (Å²) in [6.07, 6.45) is 0.0507. The molecule has 8 nitrogen and oxygen atoms in total. The van der Waals surface area contributed by atoms with Crippen LogP contribution in [0.15, 0.2) is 60.7 Å². The number of benzene rings is 2. The van der Waals surface area contributed by atoms with E-state index in [2.05, 4.69) is 20.4 Å². The minimum Gasteiger partial charge on any atom is -0.342 e. The Morgan fingerprint density at radius 2 is 1.75 bits per heavy atom. The van der Waals surface area contributed by atoms with E-state index in [1.807, 2.05) is 86.1 Å². The second-order valence-electron chi connectivity index (χ2n) is 7.88. The first-order chi connectivity index (χ1) is 15.5. The third-order valence-corrected chi connectivity index (χ3v) is 5.50. The maximum absolute atomic E-state index is 13.1. The van der Waals surface area contributed by atoms with Gasteiger partial charge in [0, 0.05) is 18.4 Å². The molecular formula is C24H23N7O. The molecule has 0 aliphatic carbocycles. The third kappa shape index (κ3) is 3.60. The van der Waals surface area contributed by atoms with Crippen molar-refractivity contribution in [1.82, 2.24) is 34.4 Å². The zero-order valence-corrected chi connectivity index (χ0v) is 18.1. The number of rotatable bonds is 5. The van der Waals surface area contributed by atoms with E-state index in [-0.39, 0.29) is 12.3 Å². The standard InChI is InChI=1S/C24H23N7O/c1-15-13-16(2)31-24(25-15)27-20(29-31)14-21(32)28-22(17-9-5-4-6-10-17)23-26-18-11-7-8-12-19(18)30(23)3/h4-13,22H,14H2,1-3H3,(H,28,32). The molecule has 1 N–H and O–H groups in total. The molecule has 32 heavy (non-hydrogen) atoms. The first-order valence-electron chi connectivity index (χ1n) is 10.4. The normalized spacial score (nSPS) is 12.3. The Morgan fingerprint density at radius 3 is 2.53 bits per heavy atom. The molecule has 2 aromatic carbocycles. The van der Waals surface area contributed by atoms with Gasteiger partial charge in [-0.2, -0.15) is 4.98 Å². The Morgan fingerprint density at radius 1 is 1.00 bits per heavy atom. The smallest absolute Gasteiger partial charge is 0.252 e. The van der Waals surface area contributed by atoms with Gasteiger partial charge in [0.2, 0.25) is 5.91 Å². The summed E-state index contributed by atoms with van der Waals surface area (Å²) in [5.74, 6) is 1.51. The van der Waals surface area contributed by atoms with Crippen LogP contribution < -0.4 is 5.32 Å². The molecule has 3 aromatic heterocycles. The number of para-hydroxylation sites is 2. The fourth-order valence-corrected chi connectivity index (χ4v) is 4.00. The summed E-state index contributed by atoms with van der Waals surface area (Å²) in [6, 6.07) is 19.3. The van der Waals surface area contributed by atoms with Gasteiger partial charge in [0.1, 0.15) is 11.9 Å². The zero-order valence-electron chi connectivity index (χ0n) is 18.1. The van der Waals surface area contributed by atoms with E-state index in [9.17, 15) is 4.79 Å². The van der Waals surface area contributed by atoms with Crippen LogP contribution in [0.3, 0.4) is 0 Å². The van der Waals surface area contributed by atoms with Crippen molar-refractivity contribution in [2.45, 2.75) is 26.3 Å². The highest BCUT2D eigenvalue weighted by molar-refractivity contribution is 5.80. The number of carbonyl (C=O) groups excluding carboxylic acids is 1. The molecule has 8 heteroatoms. The summed E-state index contributed by atoms with van der Waals surface area (Å²) in [5.41, 5.74) is 4.64. The van der Waals surface area contributed by atoms with Crippen LogP contribution in [0.4, 0.5) is 0 Å². The van der Waals surface area contributed by atoms with Crippen molar-refractivity contribution in [3.8, 4) is 0 Å². The number of nitrogens with zero attached hydrogens (tertiary/aromatic N) is 6. The Balaban J connectivity index is 1.47. The van der Waals surface area contributed by atoms with Gasteiger partial charge >= 0.3 is 0 Å². The number of fused-ring (bicyclic) bond motifs is 2. The predicted molar refractivity (Wildman–Crippen MR) is 121 cm³/mol. The average Bonchev–Trinajstić information content (AvgIpc) is 3.33.